The van der Waals surface area contributed by atoms with Crippen molar-refractivity contribution in [1.82, 2.24) is 5.32 Å². The number of aliphatic carboxylic acids is 1. The molecule has 0 unspecified atom stereocenters. The van der Waals surface area contributed by atoms with Gasteiger partial charge in [-0.25, -0.2) is 4.79 Å². The first kappa shape index (κ1) is 26.6. The first-order chi connectivity index (χ1) is 14.6. The van der Waals surface area contributed by atoms with E-state index in [0.29, 0.717) is 18.4 Å². The van der Waals surface area contributed by atoms with Crippen molar-refractivity contribution in [1.29, 1.82) is 0 Å². The minimum atomic E-state index is -0.797. The Bertz CT molecular complexity index is 795. The number of nitrogens with one attached hydrogen (secondary N) is 1. The Balaban J connectivity index is 0.000000399. The summed E-state index contributed by atoms with van der Waals surface area (Å²) in [5, 5.41) is 20.1. The molecule has 31 heavy (non-hydrogen) atoms. The highest BCUT2D eigenvalue weighted by Crippen LogP contribution is 2.40. The summed E-state index contributed by atoms with van der Waals surface area (Å²) in [5.74, 6) is -0.0760. The number of hydrogen-bond acceptors (Lipinski definition) is 4. The number of carboxylic acids is 1. The third-order valence-corrected chi connectivity index (χ3v) is 5.63. The van der Waals surface area contributed by atoms with E-state index in [-0.39, 0.29) is 6.61 Å². The van der Waals surface area contributed by atoms with Gasteiger partial charge >= 0.3 is 5.97 Å². The van der Waals surface area contributed by atoms with Crippen LogP contribution in [0.5, 0.6) is 0 Å². The highest BCUT2D eigenvalue weighted by molar-refractivity contribution is 5.86. The fourth-order valence-electron chi connectivity index (χ4n) is 3.76. The second-order valence-electron chi connectivity index (χ2n) is 8.96. The molecule has 2 aliphatic rings. The quantitative estimate of drug-likeness (QED) is 0.497. The highest BCUT2D eigenvalue weighted by Gasteiger charge is 2.26. The predicted octanol–water partition coefficient (Wildman–Crippen LogP) is 5.36. The van der Waals surface area contributed by atoms with Crippen LogP contribution in [0.25, 0.3) is 0 Å². The van der Waals surface area contributed by atoms with E-state index >= 15 is 0 Å². The molecule has 0 aromatic heterocycles. The van der Waals surface area contributed by atoms with Crippen molar-refractivity contribution in [3.63, 3.8) is 0 Å². The van der Waals surface area contributed by atoms with Crippen LogP contribution in [-0.4, -0.2) is 41.2 Å². The molecule has 0 saturated heterocycles. The van der Waals surface area contributed by atoms with Gasteiger partial charge in [-0.2, -0.15) is 0 Å². The first-order valence-corrected chi connectivity index (χ1v) is 11.1. The van der Waals surface area contributed by atoms with E-state index < -0.39 is 12.0 Å². The number of rotatable bonds is 6. The molecule has 0 bridgehead atoms. The van der Waals surface area contributed by atoms with Crippen LogP contribution < -0.4 is 5.32 Å². The monoisotopic (exact) mass is 428 g/mol. The van der Waals surface area contributed by atoms with Gasteiger partial charge in [-0.1, -0.05) is 67.0 Å². The highest BCUT2D eigenvalue weighted by atomic mass is 16.4. The SMILES string of the molecule is CC1=C(/C=C/C(C)=C/C=C/C(C)=C/CO)C(C)(C)CCC1.CC1=NCC[C@@H](C(=O)O)N1. The average Bonchev–Trinajstić information content (AvgIpc) is 2.68. The molecule has 0 amide bonds. The number of carbonyl (C=O) groups is 1. The van der Waals surface area contributed by atoms with E-state index in [1.807, 2.05) is 19.1 Å². The second-order valence-corrected chi connectivity index (χ2v) is 8.96. The lowest BCUT2D eigenvalue weighted by atomic mass is 9.72. The van der Waals surface area contributed by atoms with Crippen molar-refractivity contribution in [3.8, 4) is 0 Å². The molecule has 2 rings (SSSR count). The molecule has 0 spiro atoms. The lowest BCUT2D eigenvalue weighted by Gasteiger charge is -2.32. The van der Waals surface area contributed by atoms with Gasteiger partial charge in [0.1, 0.15) is 6.04 Å². The van der Waals surface area contributed by atoms with Crippen molar-refractivity contribution < 1.29 is 15.0 Å². The third kappa shape index (κ3) is 9.97. The fourth-order valence-corrected chi connectivity index (χ4v) is 3.76. The molecule has 0 saturated carbocycles. The minimum absolute atomic E-state index is 0.0985. The molecular weight excluding hydrogens is 388 g/mol. The smallest absolute Gasteiger partial charge is 0.326 e. The number of hydrogen-bond donors (Lipinski definition) is 3. The predicted molar refractivity (Wildman–Crippen MR) is 130 cm³/mol. The van der Waals surface area contributed by atoms with Crippen molar-refractivity contribution in [2.24, 2.45) is 10.4 Å². The molecule has 1 aliphatic heterocycles. The number of aliphatic hydroxyl groups excluding tert-OH is 1. The van der Waals surface area contributed by atoms with Gasteiger partial charge < -0.3 is 15.5 Å². The van der Waals surface area contributed by atoms with Gasteiger partial charge in [0.2, 0.25) is 0 Å². The van der Waals surface area contributed by atoms with E-state index in [1.54, 1.807) is 13.0 Å². The Morgan fingerprint density at radius 3 is 2.48 bits per heavy atom. The van der Waals surface area contributed by atoms with Crippen molar-refractivity contribution in [2.75, 3.05) is 13.2 Å². The third-order valence-electron chi connectivity index (χ3n) is 5.63. The Hall–Kier alpha value is -2.40. The van der Waals surface area contributed by atoms with Gasteiger partial charge in [-0.15, -0.1) is 0 Å². The summed E-state index contributed by atoms with van der Waals surface area (Å²) >= 11 is 0. The van der Waals surface area contributed by atoms with E-state index in [1.165, 1.54) is 36.0 Å². The van der Waals surface area contributed by atoms with Crippen LogP contribution in [-0.2, 0) is 4.79 Å². The van der Waals surface area contributed by atoms with Crippen molar-refractivity contribution >= 4 is 11.8 Å². The summed E-state index contributed by atoms with van der Waals surface area (Å²) < 4.78 is 0. The maximum atomic E-state index is 10.4. The first-order valence-electron chi connectivity index (χ1n) is 11.1. The number of aliphatic hydroxyl groups is 1. The average molecular weight is 429 g/mol. The molecule has 1 heterocycles. The van der Waals surface area contributed by atoms with Crippen LogP contribution in [0.4, 0.5) is 0 Å². The maximum Gasteiger partial charge on any atom is 0.326 e. The summed E-state index contributed by atoms with van der Waals surface area (Å²) in [5.41, 5.74) is 5.66. The molecule has 5 nitrogen and oxygen atoms in total. The van der Waals surface area contributed by atoms with Crippen molar-refractivity contribution in [2.45, 2.75) is 73.3 Å². The van der Waals surface area contributed by atoms with E-state index in [9.17, 15) is 4.79 Å². The zero-order valence-corrected chi connectivity index (χ0v) is 20.0. The van der Waals surface area contributed by atoms with E-state index in [0.717, 1.165) is 11.4 Å². The molecule has 172 valence electrons. The van der Waals surface area contributed by atoms with Gasteiger partial charge in [-0.3, -0.25) is 4.99 Å². The van der Waals surface area contributed by atoms with Crippen LogP contribution in [0.2, 0.25) is 0 Å². The number of allylic oxidation sites excluding steroid dienone is 9. The summed E-state index contributed by atoms with van der Waals surface area (Å²) in [6.45, 7) is 13.6. The maximum absolute atomic E-state index is 10.4. The molecule has 3 N–H and O–H groups in total. The molecule has 5 heteroatoms. The molecule has 1 atom stereocenters. The Morgan fingerprint density at radius 1 is 1.23 bits per heavy atom. The van der Waals surface area contributed by atoms with Crippen LogP contribution in [0.3, 0.4) is 0 Å². The van der Waals surface area contributed by atoms with Gasteiger partial charge in [0.25, 0.3) is 0 Å². The van der Waals surface area contributed by atoms with Gasteiger partial charge in [0.05, 0.1) is 12.4 Å². The minimum Gasteiger partial charge on any atom is -0.480 e. The van der Waals surface area contributed by atoms with Crippen LogP contribution in [0, 0.1) is 5.41 Å². The second kappa shape index (κ2) is 13.1. The number of aliphatic imine (C=N–C) groups is 1. The summed E-state index contributed by atoms with van der Waals surface area (Å²) in [6.07, 6.45) is 16.9. The van der Waals surface area contributed by atoms with Crippen LogP contribution in [0.1, 0.15) is 67.2 Å². The lowest BCUT2D eigenvalue weighted by Crippen LogP contribution is -2.42. The zero-order valence-electron chi connectivity index (χ0n) is 20.0. The number of nitrogens with zero attached hydrogens (tertiary/aromatic N) is 1. The molecule has 1 aliphatic carbocycles. The number of carboxylic acid groups (broad SMARTS) is 1. The fraction of sp³-hybridized carbons (Fsp3) is 0.538. The molecular formula is C26H40N2O3. The van der Waals surface area contributed by atoms with E-state index in [4.69, 9.17) is 10.2 Å². The summed E-state index contributed by atoms with van der Waals surface area (Å²) in [7, 11) is 0. The van der Waals surface area contributed by atoms with Crippen LogP contribution in [0.15, 0.2) is 63.7 Å². The lowest BCUT2D eigenvalue weighted by molar-refractivity contribution is -0.139. The van der Waals surface area contributed by atoms with Crippen molar-refractivity contribution in [3.05, 3.63) is 58.7 Å². The van der Waals surface area contributed by atoms with Gasteiger partial charge in [0.15, 0.2) is 0 Å². The van der Waals surface area contributed by atoms with Gasteiger partial charge in [0, 0.05) is 6.54 Å². The Labute approximate surface area is 188 Å². The van der Waals surface area contributed by atoms with Gasteiger partial charge in [-0.05, 0) is 64.4 Å². The van der Waals surface area contributed by atoms with Crippen LogP contribution >= 0.6 is 0 Å². The summed E-state index contributed by atoms with van der Waals surface area (Å²) in [4.78, 5) is 14.4. The molecule has 0 aromatic carbocycles. The van der Waals surface area contributed by atoms with E-state index in [2.05, 4.69) is 56.2 Å². The Kier molecular flexibility index (Phi) is 11.3. The topological polar surface area (TPSA) is 81.9 Å². The Morgan fingerprint density at radius 2 is 1.94 bits per heavy atom. The standard InChI is InChI=1S/C20H30O.C6H10N2O2/c1-16(8-6-9-17(2)13-15-21)11-12-19-18(3)10-7-14-20(19,4)5;1-4-7-3-2-5(8-4)6(9)10/h6,8-9,11-13,21H,7,10,14-15H2,1-5H3;5H,2-3H2,1H3,(H,7,8)(H,9,10)/b9-6+,12-11+,16-8+,17-13+;/t;5-/m.0/s1. The number of amidine groups is 1. The largest absolute Gasteiger partial charge is 0.480 e. The summed E-state index contributed by atoms with van der Waals surface area (Å²) in [6, 6.07) is -0.433. The molecule has 0 radical (unpaired) electrons. The molecule has 0 aromatic rings. The normalized spacial score (nSPS) is 22.2. The molecule has 0 fully saturated rings. The zero-order chi connectivity index (χ0) is 23.4.